The predicted molar refractivity (Wildman–Crippen MR) is 80.8 cm³/mol. The van der Waals surface area contributed by atoms with E-state index in [0.717, 1.165) is 21.3 Å². The van der Waals surface area contributed by atoms with E-state index in [1.807, 2.05) is 6.07 Å². The fourth-order valence-electron chi connectivity index (χ4n) is 1.92. The Balaban J connectivity index is 2.41. The molecule has 4 heteroatoms. The van der Waals surface area contributed by atoms with Crippen molar-refractivity contribution in [3.63, 3.8) is 0 Å². The van der Waals surface area contributed by atoms with Crippen LogP contribution in [0.4, 0.5) is 0 Å². The second kappa shape index (κ2) is 6.04. The van der Waals surface area contributed by atoms with Gasteiger partial charge in [-0.3, -0.25) is 0 Å². The highest BCUT2D eigenvalue weighted by molar-refractivity contribution is 9.10. The Labute approximate surface area is 124 Å². The zero-order valence-electron chi connectivity index (χ0n) is 10.3. The molecular formula is C14H15Br2NO. The molecule has 1 unspecified atom stereocenters. The molecule has 0 saturated heterocycles. The van der Waals surface area contributed by atoms with Gasteiger partial charge in [-0.2, -0.15) is 0 Å². The van der Waals surface area contributed by atoms with Crippen LogP contribution in [-0.2, 0) is 0 Å². The molecule has 1 heterocycles. The average molecular weight is 373 g/mol. The third-order valence-electron chi connectivity index (χ3n) is 2.83. The summed E-state index contributed by atoms with van der Waals surface area (Å²) in [5.41, 5.74) is 2.42. The molecule has 0 spiro atoms. The van der Waals surface area contributed by atoms with Crippen molar-refractivity contribution in [2.45, 2.75) is 19.9 Å². The molecule has 2 rings (SSSR count). The first-order valence-corrected chi connectivity index (χ1v) is 7.44. The van der Waals surface area contributed by atoms with Crippen LogP contribution in [0.1, 0.15) is 29.9 Å². The zero-order valence-corrected chi connectivity index (χ0v) is 13.5. The standard InChI is InChI=1S/C14H15Br2NO/c1-3-17-13(14-12(16)6-7-18-14)10-4-5-11(15)9(2)8-10/h4-8,13,17H,3H2,1-2H3. The number of rotatable bonds is 4. The van der Waals surface area contributed by atoms with Crippen LogP contribution in [0.5, 0.6) is 0 Å². The molecule has 0 aliphatic heterocycles. The Kier molecular flexibility index (Phi) is 4.65. The summed E-state index contributed by atoms with van der Waals surface area (Å²) in [5, 5.41) is 3.45. The van der Waals surface area contributed by atoms with Crippen LogP contribution in [0.2, 0.25) is 0 Å². The van der Waals surface area contributed by atoms with Gasteiger partial charge in [0, 0.05) is 4.47 Å². The minimum atomic E-state index is 0.0752. The van der Waals surface area contributed by atoms with E-state index in [4.69, 9.17) is 4.42 Å². The van der Waals surface area contributed by atoms with Gasteiger partial charge in [-0.25, -0.2) is 0 Å². The van der Waals surface area contributed by atoms with Gasteiger partial charge in [0.05, 0.1) is 16.8 Å². The largest absolute Gasteiger partial charge is 0.466 e. The Morgan fingerprint density at radius 3 is 2.56 bits per heavy atom. The minimum Gasteiger partial charge on any atom is -0.466 e. The molecule has 0 fully saturated rings. The van der Waals surface area contributed by atoms with E-state index < -0.39 is 0 Å². The highest BCUT2D eigenvalue weighted by Gasteiger charge is 2.19. The number of nitrogens with one attached hydrogen (secondary N) is 1. The molecule has 1 aromatic heterocycles. The second-order valence-electron chi connectivity index (χ2n) is 4.13. The van der Waals surface area contributed by atoms with Gasteiger partial charge in [0.15, 0.2) is 0 Å². The summed E-state index contributed by atoms with van der Waals surface area (Å²) in [5.74, 6) is 0.915. The molecular weight excluding hydrogens is 358 g/mol. The first-order chi connectivity index (χ1) is 8.63. The van der Waals surface area contributed by atoms with Gasteiger partial charge in [-0.1, -0.05) is 35.0 Å². The van der Waals surface area contributed by atoms with Crippen molar-refractivity contribution in [2.75, 3.05) is 6.54 Å². The lowest BCUT2D eigenvalue weighted by Crippen LogP contribution is -2.21. The van der Waals surface area contributed by atoms with Crippen molar-refractivity contribution < 1.29 is 4.42 Å². The molecule has 0 aliphatic rings. The first-order valence-electron chi connectivity index (χ1n) is 5.85. The number of hydrogen-bond acceptors (Lipinski definition) is 2. The van der Waals surface area contributed by atoms with Crippen molar-refractivity contribution in [3.8, 4) is 0 Å². The molecule has 1 aromatic carbocycles. The summed E-state index contributed by atoms with van der Waals surface area (Å²) >= 11 is 7.05. The van der Waals surface area contributed by atoms with Gasteiger partial charge in [0.1, 0.15) is 5.76 Å². The number of hydrogen-bond donors (Lipinski definition) is 1. The van der Waals surface area contributed by atoms with Crippen molar-refractivity contribution in [3.05, 3.63) is 56.4 Å². The zero-order chi connectivity index (χ0) is 13.1. The van der Waals surface area contributed by atoms with E-state index in [1.165, 1.54) is 11.1 Å². The Hall–Kier alpha value is -0.580. The molecule has 96 valence electrons. The quantitative estimate of drug-likeness (QED) is 0.832. The Bertz CT molecular complexity index is 536. The number of benzene rings is 1. The molecule has 18 heavy (non-hydrogen) atoms. The minimum absolute atomic E-state index is 0.0752. The summed E-state index contributed by atoms with van der Waals surface area (Å²) in [6, 6.07) is 8.36. The van der Waals surface area contributed by atoms with Crippen molar-refractivity contribution in [2.24, 2.45) is 0 Å². The van der Waals surface area contributed by atoms with Crippen LogP contribution in [0, 0.1) is 6.92 Å². The maximum atomic E-state index is 5.58. The van der Waals surface area contributed by atoms with Crippen molar-refractivity contribution in [1.82, 2.24) is 5.32 Å². The molecule has 0 amide bonds. The molecule has 0 radical (unpaired) electrons. The number of aryl methyl sites for hydroxylation is 1. The summed E-state index contributed by atoms with van der Waals surface area (Å²) in [6.45, 7) is 5.07. The van der Waals surface area contributed by atoms with E-state index in [0.29, 0.717) is 0 Å². The maximum absolute atomic E-state index is 5.58. The molecule has 0 bridgehead atoms. The first kappa shape index (κ1) is 13.8. The van der Waals surface area contributed by atoms with E-state index in [2.05, 4.69) is 69.2 Å². The van der Waals surface area contributed by atoms with E-state index >= 15 is 0 Å². The lowest BCUT2D eigenvalue weighted by molar-refractivity contribution is 0.450. The van der Waals surface area contributed by atoms with Crippen LogP contribution >= 0.6 is 31.9 Å². The van der Waals surface area contributed by atoms with Gasteiger partial charge < -0.3 is 9.73 Å². The van der Waals surface area contributed by atoms with Crippen molar-refractivity contribution >= 4 is 31.9 Å². The van der Waals surface area contributed by atoms with Gasteiger partial charge in [0.2, 0.25) is 0 Å². The second-order valence-corrected chi connectivity index (χ2v) is 5.84. The average Bonchev–Trinajstić information content (AvgIpc) is 2.76. The molecule has 0 saturated carbocycles. The molecule has 2 nitrogen and oxygen atoms in total. The van der Waals surface area contributed by atoms with Crippen LogP contribution in [0.25, 0.3) is 0 Å². The van der Waals surface area contributed by atoms with E-state index in [-0.39, 0.29) is 6.04 Å². The van der Waals surface area contributed by atoms with Crippen LogP contribution in [0.3, 0.4) is 0 Å². The topological polar surface area (TPSA) is 25.2 Å². The summed E-state index contributed by atoms with van der Waals surface area (Å²) in [7, 11) is 0. The van der Waals surface area contributed by atoms with Gasteiger partial charge in [0.25, 0.3) is 0 Å². The Morgan fingerprint density at radius 2 is 2.00 bits per heavy atom. The normalized spacial score (nSPS) is 12.7. The number of halogens is 2. The lowest BCUT2D eigenvalue weighted by Gasteiger charge is -2.17. The van der Waals surface area contributed by atoms with Crippen LogP contribution in [-0.4, -0.2) is 6.54 Å². The molecule has 1 atom stereocenters. The Morgan fingerprint density at radius 1 is 1.22 bits per heavy atom. The van der Waals surface area contributed by atoms with E-state index in [9.17, 15) is 0 Å². The summed E-state index contributed by atoms with van der Waals surface area (Å²) in [4.78, 5) is 0. The van der Waals surface area contributed by atoms with Crippen LogP contribution in [0.15, 0.2) is 43.9 Å². The smallest absolute Gasteiger partial charge is 0.139 e. The molecule has 1 N–H and O–H groups in total. The van der Waals surface area contributed by atoms with Gasteiger partial charge >= 0.3 is 0 Å². The van der Waals surface area contributed by atoms with E-state index in [1.54, 1.807) is 6.26 Å². The van der Waals surface area contributed by atoms with Crippen LogP contribution < -0.4 is 5.32 Å². The fourth-order valence-corrected chi connectivity index (χ4v) is 2.60. The molecule has 0 aliphatic carbocycles. The number of furan rings is 1. The van der Waals surface area contributed by atoms with Gasteiger partial charge in [-0.05, 0) is 52.7 Å². The maximum Gasteiger partial charge on any atom is 0.139 e. The predicted octanol–water partition coefficient (Wildman–Crippen LogP) is 4.81. The highest BCUT2D eigenvalue weighted by Crippen LogP contribution is 2.31. The van der Waals surface area contributed by atoms with Gasteiger partial charge in [-0.15, -0.1) is 0 Å². The fraction of sp³-hybridized carbons (Fsp3) is 0.286. The SMILES string of the molecule is CCNC(c1ccc(Br)c(C)c1)c1occc1Br. The highest BCUT2D eigenvalue weighted by atomic mass is 79.9. The van der Waals surface area contributed by atoms with Crippen molar-refractivity contribution in [1.29, 1.82) is 0 Å². The third-order valence-corrected chi connectivity index (χ3v) is 4.38. The lowest BCUT2D eigenvalue weighted by atomic mass is 10.0. The summed E-state index contributed by atoms with van der Waals surface area (Å²) in [6.07, 6.45) is 1.70. The molecule has 2 aromatic rings. The third kappa shape index (κ3) is 2.87. The summed E-state index contributed by atoms with van der Waals surface area (Å²) < 4.78 is 7.70. The monoisotopic (exact) mass is 371 g/mol.